The maximum atomic E-state index is 12.6. The first-order chi connectivity index (χ1) is 10.2. The molecule has 0 unspecified atom stereocenters. The highest BCUT2D eigenvalue weighted by molar-refractivity contribution is 9.10. The molecule has 0 heterocycles. The number of ketones is 1. The fourth-order valence-electron chi connectivity index (χ4n) is 2.30. The lowest BCUT2D eigenvalue weighted by atomic mass is 10.00. The van der Waals surface area contributed by atoms with E-state index in [1.54, 1.807) is 25.3 Å². The number of fused-ring (bicyclic) bond motifs is 1. The Balaban J connectivity index is 2.01. The van der Waals surface area contributed by atoms with E-state index in [1.807, 2.05) is 42.5 Å². The van der Waals surface area contributed by atoms with Crippen molar-refractivity contribution in [1.29, 1.82) is 0 Å². The molecule has 0 aliphatic heterocycles. The van der Waals surface area contributed by atoms with E-state index in [4.69, 9.17) is 4.74 Å². The number of hydrogen-bond donors (Lipinski definition) is 0. The minimum atomic E-state index is 0.00380. The van der Waals surface area contributed by atoms with Gasteiger partial charge in [-0.2, -0.15) is 0 Å². The Morgan fingerprint density at radius 3 is 2.29 bits per heavy atom. The zero-order valence-corrected chi connectivity index (χ0v) is 13.1. The Morgan fingerprint density at radius 1 is 0.905 bits per heavy atom. The molecule has 0 spiro atoms. The van der Waals surface area contributed by atoms with Crippen LogP contribution in [-0.4, -0.2) is 12.9 Å². The van der Waals surface area contributed by atoms with Crippen LogP contribution >= 0.6 is 15.9 Å². The largest absolute Gasteiger partial charge is 0.496 e. The van der Waals surface area contributed by atoms with Crippen molar-refractivity contribution in [3.8, 4) is 5.75 Å². The molecule has 0 fully saturated rings. The van der Waals surface area contributed by atoms with E-state index in [1.165, 1.54) is 0 Å². The normalized spacial score (nSPS) is 10.6. The highest BCUT2D eigenvalue weighted by Crippen LogP contribution is 2.27. The van der Waals surface area contributed by atoms with Crippen LogP contribution in [0.5, 0.6) is 5.75 Å². The molecule has 0 N–H and O–H groups in total. The van der Waals surface area contributed by atoms with E-state index in [2.05, 4.69) is 15.9 Å². The van der Waals surface area contributed by atoms with Crippen LogP contribution in [-0.2, 0) is 0 Å². The lowest BCUT2D eigenvalue weighted by molar-refractivity contribution is 0.103. The van der Waals surface area contributed by atoms with Gasteiger partial charge in [0.2, 0.25) is 0 Å². The van der Waals surface area contributed by atoms with Gasteiger partial charge in [-0.3, -0.25) is 4.79 Å². The number of ether oxygens (including phenoxy) is 1. The summed E-state index contributed by atoms with van der Waals surface area (Å²) in [6, 6.07) is 19.1. The van der Waals surface area contributed by atoms with Crippen LogP contribution in [0.25, 0.3) is 10.8 Å². The van der Waals surface area contributed by atoms with Gasteiger partial charge in [-0.25, -0.2) is 0 Å². The van der Waals surface area contributed by atoms with E-state index in [0.29, 0.717) is 16.9 Å². The third-order valence-corrected chi connectivity index (χ3v) is 4.05. The summed E-state index contributed by atoms with van der Waals surface area (Å²) in [6.45, 7) is 0. The van der Waals surface area contributed by atoms with Gasteiger partial charge in [0.25, 0.3) is 0 Å². The van der Waals surface area contributed by atoms with Gasteiger partial charge in [-0.1, -0.05) is 36.4 Å². The molecule has 0 atom stereocenters. The number of benzene rings is 3. The minimum absolute atomic E-state index is 0.00380. The minimum Gasteiger partial charge on any atom is -0.496 e. The first-order valence-corrected chi connectivity index (χ1v) is 7.35. The fourth-order valence-corrected chi connectivity index (χ4v) is 2.85. The fraction of sp³-hybridized carbons (Fsp3) is 0.0556. The second-order valence-electron chi connectivity index (χ2n) is 4.74. The van der Waals surface area contributed by atoms with E-state index in [-0.39, 0.29) is 5.78 Å². The van der Waals surface area contributed by atoms with Gasteiger partial charge in [-0.05, 0) is 51.0 Å². The Hall–Kier alpha value is -2.13. The van der Waals surface area contributed by atoms with Crippen molar-refractivity contribution in [2.24, 2.45) is 0 Å². The van der Waals surface area contributed by atoms with Gasteiger partial charge < -0.3 is 4.74 Å². The molecule has 2 nitrogen and oxygen atoms in total. The summed E-state index contributed by atoms with van der Waals surface area (Å²) in [6.07, 6.45) is 0. The lowest BCUT2D eigenvalue weighted by Gasteiger charge is -2.07. The second-order valence-corrected chi connectivity index (χ2v) is 5.59. The van der Waals surface area contributed by atoms with E-state index < -0.39 is 0 Å². The van der Waals surface area contributed by atoms with Crippen molar-refractivity contribution in [2.75, 3.05) is 7.11 Å². The van der Waals surface area contributed by atoms with Gasteiger partial charge >= 0.3 is 0 Å². The van der Waals surface area contributed by atoms with Crippen LogP contribution < -0.4 is 4.74 Å². The quantitative estimate of drug-likeness (QED) is 0.637. The summed E-state index contributed by atoms with van der Waals surface area (Å²) in [5.74, 6) is 0.717. The van der Waals surface area contributed by atoms with Gasteiger partial charge in [-0.15, -0.1) is 0 Å². The molecule has 0 radical (unpaired) electrons. The average molecular weight is 341 g/mol. The monoisotopic (exact) mass is 340 g/mol. The molecule has 0 saturated carbocycles. The SMILES string of the molecule is COc1ccc(C(=O)c2ccc3ccccc3c2)cc1Br. The van der Waals surface area contributed by atoms with Crippen LogP contribution in [0, 0.1) is 0 Å². The molecule has 3 aromatic carbocycles. The standard InChI is InChI=1S/C18H13BrO2/c1-21-17-9-8-15(11-16(17)19)18(20)14-7-6-12-4-2-3-5-13(12)10-14/h2-11H,1H3. The predicted octanol–water partition coefficient (Wildman–Crippen LogP) is 4.84. The van der Waals surface area contributed by atoms with Crippen LogP contribution in [0.3, 0.4) is 0 Å². The van der Waals surface area contributed by atoms with E-state index >= 15 is 0 Å². The van der Waals surface area contributed by atoms with Gasteiger partial charge in [0, 0.05) is 11.1 Å². The van der Waals surface area contributed by atoms with Crippen molar-refractivity contribution >= 4 is 32.5 Å². The van der Waals surface area contributed by atoms with Gasteiger partial charge in [0.05, 0.1) is 11.6 Å². The number of methoxy groups -OCH3 is 1. The van der Waals surface area contributed by atoms with Crippen molar-refractivity contribution in [3.63, 3.8) is 0 Å². The van der Waals surface area contributed by atoms with Crippen LogP contribution in [0.4, 0.5) is 0 Å². The van der Waals surface area contributed by atoms with Gasteiger partial charge in [0.15, 0.2) is 5.78 Å². The lowest BCUT2D eigenvalue weighted by Crippen LogP contribution is -2.01. The summed E-state index contributed by atoms with van der Waals surface area (Å²) in [5, 5.41) is 2.20. The summed E-state index contributed by atoms with van der Waals surface area (Å²) in [4.78, 5) is 12.6. The third-order valence-electron chi connectivity index (χ3n) is 3.43. The zero-order chi connectivity index (χ0) is 14.8. The smallest absolute Gasteiger partial charge is 0.193 e. The summed E-state index contributed by atoms with van der Waals surface area (Å²) >= 11 is 3.41. The highest BCUT2D eigenvalue weighted by atomic mass is 79.9. The van der Waals surface area contributed by atoms with E-state index in [9.17, 15) is 4.79 Å². The van der Waals surface area contributed by atoms with Gasteiger partial charge in [0.1, 0.15) is 5.75 Å². The molecule has 0 bridgehead atoms. The van der Waals surface area contributed by atoms with Crippen LogP contribution in [0.2, 0.25) is 0 Å². The first-order valence-electron chi connectivity index (χ1n) is 6.56. The molecule has 3 aromatic rings. The maximum Gasteiger partial charge on any atom is 0.193 e. The van der Waals surface area contributed by atoms with Crippen LogP contribution in [0.1, 0.15) is 15.9 Å². The summed E-state index contributed by atoms with van der Waals surface area (Å²) in [5.41, 5.74) is 1.32. The Bertz CT molecular complexity index is 824. The number of hydrogen-bond acceptors (Lipinski definition) is 2. The molecule has 0 aromatic heterocycles. The highest BCUT2D eigenvalue weighted by Gasteiger charge is 2.11. The molecule has 0 saturated heterocycles. The number of carbonyl (C=O) groups excluding carboxylic acids is 1. The van der Waals surface area contributed by atoms with Crippen molar-refractivity contribution < 1.29 is 9.53 Å². The number of carbonyl (C=O) groups is 1. The molecule has 104 valence electrons. The Labute approximate surface area is 131 Å². The molecule has 0 amide bonds. The van der Waals surface area contributed by atoms with Crippen molar-refractivity contribution in [1.82, 2.24) is 0 Å². The number of halogens is 1. The molecule has 3 heteroatoms. The average Bonchev–Trinajstić information content (AvgIpc) is 2.53. The predicted molar refractivity (Wildman–Crippen MR) is 88.1 cm³/mol. The number of rotatable bonds is 3. The second kappa shape index (κ2) is 5.70. The summed E-state index contributed by atoms with van der Waals surface area (Å²) < 4.78 is 5.96. The zero-order valence-electron chi connectivity index (χ0n) is 11.5. The molecule has 0 aliphatic carbocycles. The Kier molecular flexibility index (Phi) is 3.76. The molecule has 3 rings (SSSR count). The van der Waals surface area contributed by atoms with E-state index in [0.717, 1.165) is 15.2 Å². The van der Waals surface area contributed by atoms with Crippen LogP contribution in [0.15, 0.2) is 65.1 Å². The van der Waals surface area contributed by atoms with Crippen molar-refractivity contribution in [2.45, 2.75) is 0 Å². The molecular weight excluding hydrogens is 328 g/mol. The topological polar surface area (TPSA) is 26.3 Å². The summed E-state index contributed by atoms with van der Waals surface area (Å²) in [7, 11) is 1.60. The Morgan fingerprint density at radius 2 is 1.57 bits per heavy atom. The molecular formula is C18H13BrO2. The van der Waals surface area contributed by atoms with Crippen molar-refractivity contribution in [3.05, 3.63) is 76.3 Å². The third kappa shape index (κ3) is 2.69. The molecule has 21 heavy (non-hydrogen) atoms. The maximum absolute atomic E-state index is 12.6. The first kappa shape index (κ1) is 13.8. The molecule has 0 aliphatic rings.